The van der Waals surface area contributed by atoms with Crippen LogP contribution in [0.1, 0.15) is 57.2 Å². The van der Waals surface area contributed by atoms with Crippen molar-refractivity contribution in [2.75, 3.05) is 18.6 Å². The standard InChI is InChI=1S/C30H30F4N4O3/c1-29(2,3)10-11-41-18-37-17-21(16-35-37)30(4)15-26(39)38(28(40)36(30)5)27-24(33)12-19(13-25(27)34)6-7-20-8-9-22(31)14-23(20)32/h8-9,12-14,16-17H,10-11,15,18H2,1-5H3/t30-/m0/s1. The summed E-state index contributed by atoms with van der Waals surface area (Å²) in [5.74, 6) is -0.124. The summed E-state index contributed by atoms with van der Waals surface area (Å²) in [4.78, 5) is 28.3. The van der Waals surface area contributed by atoms with Gasteiger partial charge in [-0.3, -0.25) is 4.79 Å². The van der Waals surface area contributed by atoms with E-state index >= 15 is 8.78 Å². The van der Waals surface area contributed by atoms with Crippen LogP contribution in [0.25, 0.3) is 0 Å². The fraction of sp³-hybridized carbons (Fsp3) is 0.367. The Labute approximate surface area is 235 Å². The summed E-state index contributed by atoms with van der Waals surface area (Å²) < 4.78 is 64.5. The molecule has 1 aliphatic rings. The van der Waals surface area contributed by atoms with Crippen molar-refractivity contribution in [2.45, 2.75) is 52.8 Å². The van der Waals surface area contributed by atoms with Gasteiger partial charge in [0.05, 0.1) is 23.7 Å². The van der Waals surface area contributed by atoms with Crippen LogP contribution in [0.15, 0.2) is 42.7 Å². The number of ether oxygens (including phenoxy) is 1. The number of carbonyl (C=O) groups excluding carboxylic acids is 2. The van der Waals surface area contributed by atoms with Crippen LogP contribution in [0.5, 0.6) is 0 Å². The summed E-state index contributed by atoms with van der Waals surface area (Å²) >= 11 is 0. The lowest BCUT2D eigenvalue weighted by Gasteiger charge is -2.45. The molecule has 0 bridgehead atoms. The lowest BCUT2D eigenvalue weighted by atomic mass is 9.87. The number of halogens is 4. The van der Waals surface area contributed by atoms with Gasteiger partial charge in [-0.25, -0.2) is 31.9 Å². The second kappa shape index (κ2) is 11.4. The summed E-state index contributed by atoms with van der Waals surface area (Å²) in [6.45, 7) is 8.71. The van der Waals surface area contributed by atoms with Crippen LogP contribution < -0.4 is 4.90 Å². The number of benzene rings is 2. The largest absolute Gasteiger partial charge is 0.359 e. The molecule has 0 radical (unpaired) electrons. The van der Waals surface area contributed by atoms with Gasteiger partial charge in [-0.2, -0.15) is 5.10 Å². The number of carbonyl (C=O) groups is 2. The van der Waals surface area contributed by atoms with Crippen molar-refractivity contribution >= 4 is 17.6 Å². The summed E-state index contributed by atoms with van der Waals surface area (Å²) in [6.07, 6.45) is 3.78. The zero-order chi connectivity index (χ0) is 30.1. The highest BCUT2D eigenvalue weighted by molar-refractivity contribution is 6.16. The quantitative estimate of drug-likeness (QED) is 0.209. The number of hydrogen-bond donors (Lipinski definition) is 0. The molecule has 41 heavy (non-hydrogen) atoms. The first kappa shape index (κ1) is 29.8. The minimum atomic E-state index is -1.20. The van der Waals surface area contributed by atoms with Crippen LogP contribution in [-0.4, -0.2) is 40.3 Å². The first-order valence-corrected chi connectivity index (χ1v) is 12.9. The minimum Gasteiger partial charge on any atom is -0.359 e. The van der Waals surface area contributed by atoms with Crippen molar-refractivity contribution in [3.63, 3.8) is 0 Å². The molecule has 1 aromatic heterocycles. The third kappa shape index (κ3) is 6.43. The van der Waals surface area contributed by atoms with Gasteiger partial charge < -0.3 is 9.64 Å². The van der Waals surface area contributed by atoms with Crippen LogP contribution in [-0.2, 0) is 21.8 Å². The fourth-order valence-electron chi connectivity index (χ4n) is 4.31. The Hall–Kier alpha value is -4.17. The molecule has 7 nitrogen and oxygen atoms in total. The van der Waals surface area contributed by atoms with Gasteiger partial charge in [-0.05, 0) is 43.0 Å². The molecule has 11 heteroatoms. The predicted molar refractivity (Wildman–Crippen MR) is 144 cm³/mol. The maximum atomic E-state index is 15.1. The van der Waals surface area contributed by atoms with Gasteiger partial charge in [0, 0.05) is 37.0 Å². The van der Waals surface area contributed by atoms with E-state index in [1.807, 2.05) is 0 Å². The summed E-state index contributed by atoms with van der Waals surface area (Å²) in [5.41, 5.74) is -1.63. The van der Waals surface area contributed by atoms with E-state index in [0.717, 1.165) is 30.7 Å². The van der Waals surface area contributed by atoms with Gasteiger partial charge in [-0.15, -0.1) is 0 Å². The van der Waals surface area contributed by atoms with Crippen LogP contribution in [0.2, 0.25) is 0 Å². The van der Waals surface area contributed by atoms with E-state index in [9.17, 15) is 18.4 Å². The monoisotopic (exact) mass is 570 g/mol. The SMILES string of the molecule is CN1C(=O)N(c2c(F)cc(C#Cc3ccc(F)cc3F)cc2F)C(=O)C[C@@]1(C)c1cnn(COCCC(C)(C)C)c1. The lowest BCUT2D eigenvalue weighted by molar-refractivity contribution is -0.122. The Kier molecular flexibility index (Phi) is 8.27. The Morgan fingerprint density at radius 2 is 1.71 bits per heavy atom. The van der Waals surface area contributed by atoms with E-state index in [1.54, 1.807) is 17.8 Å². The Morgan fingerprint density at radius 1 is 1.02 bits per heavy atom. The third-order valence-electron chi connectivity index (χ3n) is 6.95. The topological polar surface area (TPSA) is 67.7 Å². The molecule has 2 aromatic carbocycles. The molecule has 0 unspecified atom stereocenters. The second-order valence-corrected chi connectivity index (χ2v) is 11.3. The van der Waals surface area contributed by atoms with E-state index in [0.29, 0.717) is 23.1 Å². The smallest absolute Gasteiger partial charge is 0.332 e. The molecule has 1 fully saturated rings. The number of rotatable bonds is 6. The first-order valence-electron chi connectivity index (χ1n) is 12.9. The van der Waals surface area contributed by atoms with Crippen molar-refractivity contribution in [2.24, 2.45) is 5.41 Å². The third-order valence-corrected chi connectivity index (χ3v) is 6.95. The highest BCUT2D eigenvalue weighted by Gasteiger charge is 2.48. The molecule has 1 saturated heterocycles. The molecular formula is C30H30F4N4O3. The number of urea groups is 1. The Balaban J connectivity index is 1.53. The van der Waals surface area contributed by atoms with E-state index < -0.39 is 46.4 Å². The number of amides is 3. The molecule has 3 aromatic rings. The van der Waals surface area contributed by atoms with Gasteiger partial charge in [0.15, 0.2) is 11.6 Å². The number of nitrogens with zero attached hydrogens (tertiary/aromatic N) is 4. The van der Waals surface area contributed by atoms with Crippen LogP contribution in [0, 0.1) is 40.5 Å². The van der Waals surface area contributed by atoms with Gasteiger partial charge >= 0.3 is 6.03 Å². The Bertz CT molecular complexity index is 1530. The van der Waals surface area contributed by atoms with E-state index in [2.05, 4.69) is 37.7 Å². The van der Waals surface area contributed by atoms with Crippen molar-refractivity contribution < 1.29 is 31.9 Å². The molecule has 0 spiro atoms. The highest BCUT2D eigenvalue weighted by atomic mass is 19.1. The molecule has 2 heterocycles. The maximum Gasteiger partial charge on any atom is 0.332 e. The zero-order valence-electron chi connectivity index (χ0n) is 23.4. The molecule has 4 rings (SSSR count). The lowest BCUT2D eigenvalue weighted by Crippen LogP contribution is -2.60. The minimum absolute atomic E-state index is 0.121. The Morgan fingerprint density at radius 3 is 2.34 bits per heavy atom. The summed E-state index contributed by atoms with van der Waals surface area (Å²) in [5, 5.41) is 4.27. The van der Waals surface area contributed by atoms with Gasteiger partial charge in [0.2, 0.25) is 5.91 Å². The van der Waals surface area contributed by atoms with E-state index in [-0.39, 0.29) is 29.7 Å². The highest BCUT2D eigenvalue weighted by Crippen LogP contribution is 2.39. The van der Waals surface area contributed by atoms with Gasteiger partial charge in [-0.1, -0.05) is 32.6 Å². The van der Waals surface area contributed by atoms with Crippen molar-refractivity contribution in [3.05, 3.63) is 82.7 Å². The molecule has 0 saturated carbocycles. The summed E-state index contributed by atoms with van der Waals surface area (Å²) in [7, 11) is 1.44. The molecule has 0 N–H and O–H groups in total. The van der Waals surface area contributed by atoms with Crippen molar-refractivity contribution in [3.8, 4) is 11.8 Å². The van der Waals surface area contributed by atoms with E-state index in [4.69, 9.17) is 4.74 Å². The van der Waals surface area contributed by atoms with E-state index in [1.165, 1.54) is 18.1 Å². The predicted octanol–water partition coefficient (Wildman–Crippen LogP) is 5.95. The zero-order valence-corrected chi connectivity index (χ0v) is 23.4. The number of imide groups is 1. The van der Waals surface area contributed by atoms with Gasteiger partial charge in [0.25, 0.3) is 0 Å². The molecule has 216 valence electrons. The second-order valence-electron chi connectivity index (χ2n) is 11.3. The van der Waals surface area contributed by atoms with Crippen molar-refractivity contribution in [1.82, 2.24) is 14.7 Å². The van der Waals surface area contributed by atoms with Crippen LogP contribution >= 0.6 is 0 Å². The van der Waals surface area contributed by atoms with Gasteiger partial charge in [0.1, 0.15) is 24.1 Å². The number of anilines is 1. The summed E-state index contributed by atoms with van der Waals surface area (Å²) in [6, 6.07) is 3.49. The maximum absolute atomic E-state index is 15.1. The first-order chi connectivity index (χ1) is 19.2. The molecule has 1 atom stereocenters. The number of hydrogen-bond acceptors (Lipinski definition) is 4. The molecule has 1 aliphatic heterocycles. The normalized spacial score (nSPS) is 17.6. The molecule has 0 aliphatic carbocycles. The number of aromatic nitrogens is 2. The van der Waals surface area contributed by atoms with Crippen molar-refractivity contribution in [1.29, 1.82) is 0 Å². The average Bonchev–Trinajstić information content (AvgIpc) is 3.36. The van der Waals surface area contributed by atoms with Crippen LogP contribution in [0.3, 0.4) is 0 Å². The average molecular weight is 571 g/mol. The molecule has 3 amide bonds. The molecular weight excluding hydrogens is 540 g/mol. The fourth-order valence-corrected chi connectivity index (χ4v) is 4.31. The van der Waals surface area contributed by atoms with Crippen LogP contribution in [0.4, 0.5) is 28.0 Å².